The van der Waals surface area contributed by atoms with Crippen LogP contribution in [-0.4, -0.2) is 55.1 Å². The average Bonchev–Trinajstić information content (AvgIpc) is 3.86. The lowest BCUT2D eigenvalue weighted by atomic mass is 9.73. The molecule has 60 heavy (non-hydrogen) atoms. The summed E-state index contributed by atoms with van der Waals surface area (Å²) in [6.45, 7) is -0.899. The van der Waals surface area contributed by atoms with Crippen molar-refractivity contribution in [3.05, 3.63) is 112 Å². The van der Waals surface area contributed by atoms with Crippen LogP contribution < -0.4 is 10.0 Å². The standard InChI is InChI=1S/C40H32ClF6N9O3S/c1-55-34-22(9-11-26(41)31(34)39(53-55)54-60(2,58)59)24-16-28-38(51-37(49-28)19-6-4-3-5-7-19)50-32(24)27(14-18-12-20(42)15-21(43)13-18)48-29(57)17-56-35-30(33(52-56)36(44)45)23-8-10-25(23)40(35,46)47/h3-7,9,11-13,15-16,23,25,27,36H,8,10,14,17H2,1-2H3,(H,48,57)(H,53,54)(H,49,50,51)/t23-,25+,27-/m0/s1. The molecule has 1 saturated carbocycles. The van der Waals surface area contributed by atoms with Crippen LogP contribution in [-0.2, 0) is 40.8 Å². The first-order valence-corrected chi connectivity index (χ1v) is 20.8. The van der Waals surface area contributed by atoms with Gasteiger partial charge in [0.25, 0.3) is 12.3 Å². The van der Waals surface area contributed by atoms with Gasteiger partial charge in [0.15, 0.2) is 11.5 Å². The summed E-state index contributed by atoms with van der Waals surface area (Å²) in [5, 5.41) is 11.3. The van der Waals surface area contributed by atoms with E-state index in [1.807, 2.05) is 30.3 Å². The normalized spacial score (nSPS) is 17.5. The Morgan fingerprint density at radius 1 is 0.983 bits per heavy atom. The van der Waals surface area contributed by atoms with E-state index >= 15 is 8.78 Å². The molecule has 3 atom stereocenters. The second kappa shape index (κ2) is 14.4. The lowest BCUT2D eigenvalue weighted by Crippen LogP contribution is -2.36. The zero-order valence-corrected chi connectivity index (χ0v) is 33.0. The minimum Gasteiger partial charge on any atom is -0.346 e. The van der Waals surface area contributed by atoms with Crippen LogP contribution in [0.2, 0.25) is 5.02 Å². The van der Waals surface area contributed by atoms with E-state index in [4.69, 9.17) is 21.6 Å². The number of nitrogens with one attached hydrogen (secondary N) is 3. The van der Waals surface area contributed by atoms with Gasteiger partial charge in [-0.2, -0.15) is 19.0 Å². The SMILES string of the molecule is Cn1nc(NS(C)(=O)=O)c2c(Cl)ccc(-c3cc4[nH]c(-c5ccccc5)nc4nc3[C@H](Cc3cc(F)cc(F)c3)NC(=O)Cn3nc(C(F)F)c4c3C(F)(F)[C@@H]3CC[C@H]43)c21. The second-order valence-electron chi connectivity index (χ2n) is 15.0. The van der Waals surface area contributed by atoms with Crippen LogP contribution in [0.25, 0.3) is 44.6 Å². The summed E-state index contributed by atoms with van der Waals surface area (Å²) in [6, 6.07) is 15.4. The summed E-state index contributed by atoms with van der Waals surface area (Å²) in [5.74, 6) is -7.93. The largest absolute Gasteiger partial charge is 0.346 e. The lowest BCUT2D eigenvalue weighted by Gasteiger charge is -2.34. The monoisotopic (exact) mass is 867 g/mol. The Morgan fingerprint density at radius 3 is 2.38 bits per heavy atom. The minimum absolute atomic E-state index is 0.0714. The predicted octanol–water partition coefficient (Wildman–Crippen LogP) is 8.32. The van der Waals surface area contributed by atoms with Gasteiger partial charge >= 0.3 is 0 Å². The highest BCUT2D eigenvalue weighted by molar-refractivity contribution is 7.92. The summed E-state index contributed by atoms with van der Waals surface area (Å²) >= 11 is 6.66. The number of halogens is 7. The van der Waals surface area contributed by atoms with Gasteiger partial charge in [-0.05, 0) is 55.0 Å². The van der Waals surface area contributed by atoms with Crippen molar-refractivity contribution in [2.45, 2.75) is 50.1 Å². The number of pyridine rings is 1. The number of aromatic amines is 1. The first-order valence-electron chi connectivity index (χ1n) is 18.6. The fourth-order valence-electron chi connectivity index (χ4n) is 8.51. The lowest BCUT2D eigenvalue weighted by molar-refractivity contribution is -0.123. The van der Waals surface area contributed by atoms with Crippen LogP contribution in [0.5, 0.6) is 0 Å². The Kier molecular flexibility index (Phi) is 9.45. The molecule has 0 unspecified atom stereocenters. The van der Waals surface area contributed by atoms with Crippen molar-refractivity contribution in [2.75, 3.05) is 11.0 Å². The molecule has 9 rings (SSSR count). The van der Waals surface area contributed by atoms with E-state index in [1.54, 1.807) is 19.2 Å². The Balaban J connectivity index is 1.22. The first-order chi connectivity index (χ1) is 28.5. The third-order valence-electron chi connectivity index (χ3n) is 11.0. The van der Waals surface area contributed by atoms with Crippen molar-refractivity contribution in [1.82, 2.24) is 39.8 Å². The molecule has 1 fully saturated rings. The zero-order chi connectivity index (χ0) is 42.4. The smallest absolute Gasteiger partial charge is 0.293 e. The van der Waals surface area contributed by atoms with E-state index < -0.39 is 75.7 Å². The average molecular weight is 868 g/mol. The highest BCUT2D eigenvalue weighted by Crippen LogP contribution is 2.63. The van der Waals surface area contributed by atoms with Gasteiger partial charge in [0.2, 0.25) is 15.9 Å². The Morgan fingerprint density at radius 2 is 1.72 bits per heavy atom. The maximum atomic E-state index is 15.7. The molecule has 0 spiro atoms. The Labute approximate surface area is 342 Å². The van der Waals surface area contributed by atoms with Gasteiger partial charge in [-0.1, -0.05) is 48.0 Å². The quantitative estimate of drug-likeness (QED) is 0.111. The number of amides is 1. The van der Waals surface area contributed by atoms with Gasteiger partial charge in [-0.15, -0.1) is 0 Å². The molecule has 310 valence electrons. The molecule has 7 aromatic rings. The van der Waals surface area contributed by atoms with Crippen LogP contribution in [0.1, 0.15) is 59.4 Å². The molecule has 0 aliphatic heterocycles. The maximum absolute atomic E-state index is 15.7. The van der Waals surface area contributed by atoms with Gasteiger partial charge in [0, 0.05) is 41.3 Å². The van der Waals surface area contributed by atoms with Gasteiger partial charge in [0.1, 0.15) is 35.4 Å². The maximum Gasteiger partial charge on any atom is 0.293 e. The van der Waals surface area contributed by atoms with Gasteiger partial charge < -0.3 is 10.3 Å². The number of alkyl halides is 4. The molecular weight excluding hydrogens is 836 g/mol. The number of benzene rings is 3. The zero-order valence-electron chi connectivity index (χ0n) is 31.5. The van der Waals surface area contributed by atoms with Crippen LogP contribution >= 0.6 is 11.6 Å². The van der Waals surface area contributed by atoms with E-state index in [0.717, 1.165) is 18.4 Å². The van der Waals surface area contributed by atoms with E-state index in [-0.39, 0.29) is 58.0 Å². The van der Waals surface area contributed by atoms with Crippen LogP contribution in [0.4, 0.5) is 32.2 Å². The minimum atomic E-state index is -3.84. The van der Waals surface area contributed by atoms with E-state index in [9.17, 15) is 30.8 Å². The predicted molar refractivity (Wildman–Crippen MR) is 210 cm³/mol. The molecule has 3 aromatic carbocycles. The highest BCUT2D eigenvalue weighted by atomic mass is 35.5. The number of sulfonamides is 1. The first kappa shape index (κ1) is 39.5. The molecule has 2 aliphatic rings. The van der Waals surface area contributed by atoms with Crippen molar-refractivity contribution >= 4 is 55.4 Å². The number of aryl methyl sites for hydroxylation is 1. The Hall–Kier alpha value is -5.95. The summed E-state index contributed by atoms with van der Waals surface area (Å²) in [4.78, 5) is 27.0. The fourth-order valence-corrected chi connectivity index (χ4v) is 9.25. The van der Waals surface area contributed by atoms with Crippen LogP contribution in [0, 0.1) is 17.6 Å². The second-order valence-corrected chi connectivity index (χ2v) is 17.2. The van der Waals surface area contributed by atoms with E-state index in [0.29, 0.717) is 44.3 Å². The molecule has 20 heteroatoms. The molecule has 12 nitrogen and oxygen atoms in total. The third-order valence-corrected chi connectivity index (χ3v) is 11.9. The van der Waals surface area contributed by atoms with Gasteiger partial charge in [-0.25, -0.2) is 35.9 Å². The van der Waals surface area contributed by atoms with Crippen molar-refractivity contribution < 1.29 is 39.6 Å². The number of nitrogens with zero attached hydrogens (tertiary/aromatic N) is 6. The van der Waals surface area contributed by atoms with Gasteiger partial charge in [0.05, 0.1) is 39.4 Å². The third kappa shape index (κ3) is 6.82. The molecule has 2 aliphatic carbocycles. The van der Waals surface area contributed by atoms with Crippen molar-refractivity contribution in [3.63, 3.8) is 0 Å². The molecule has 4 heterocycles. The van der Waals surface area contributed by atoms with Gasteiger partial charge in [-0.3, -0.25) is 18.9 Å². The number of hydrogen-bond acceptors (Lipinski definition) is 7. The van der Waals surface area contributed by atoms with Crippen LogP contribution in [0.3, 0.4) is 0 Å². The molecule has 1 amide bonds. The molecule has 4 aromatic heterocycles. The number of imidazole rings is 1. The number of carbonyl (C=O) groups excluding carboxylic acids is 1. The topological polar surface area (TPSA) is 152 Å². The number of aromatic nitrogens is 7. The molecule has 0 bridgehead atoms. The van der Waals surface area contributed by atoms with Crippen LogP contribution in [0.15, 0.2) is 66.7 Å². The number of anilines is 1. The summed E-state index contributed by atoms with van der Waals surface area (Å²) < 4.78 is 118. The summed E-state index contributed by atoms with van der Waals surface area (Å²) in [7, 11) is -2.28. The summed E-state index contributed by atoms with van der Waals surface area (Å²) in [5.41, 5.74) is 0.661. The highest BCUT2D eigenvalue weighted by Gasteiger charge is 2.62. The summed E-state index contributed by atoms with van der Waals surface area (Å²) in [6.07, 6.45) is -2.12. The number of hydrogen-bond donors (Lipinski definition) is 3. The molecule has 0 saturated heterocycles. The van der Waals surface area contributed by atoms with Crippen molar-refractivity contribution in [1.29, 1.82) is 0 Å². The molecular formula is C40H32ClF6N9O3S. The number of rotatable bonds is 11. The van der Waals surface area contributed by atoms with E-state index in [2.05, 4.69) is 25.2 Å². The van der Waals surface area contributed by atoms with E-state index in [1.165, 1.54) is 10.7 Å². The molecule has 3 N–H and O–H groups in total. The number of H-pyrrole nitrogens is 1. The Bertz CT molecular complexity index is 2970. The van der Waals surface area contributed by atoms with Crippen molar-refractivity contribution in [3.8, 4) is 22.5 Å². The molecule has 0 radical (unpaired) electrons. The number of fused-ring (bicyclic) bond motifs is 5. The van der Waals surface area contributed by atoms with Crippen molar-refractivity contribution in [2.24, 2.45) is 13.0 Å². The fraction of sp³-hybridized carbons (Fsp3) is 0.275. The number of carbonyl (C=O) groups is 1.